The number of rotatable bonds is 5. The molecule has 3 heteroatoms. The van der Waals surface area contributed by atoms with Crippen LogP contribution in [0.2, 0.25) is 0 Å². The molecule has 1 aromatic heterocycles. The second kappa shape index (κ2) is 5.91. The van der Waals surface area contributed by atoms with Crippen LogP contribution in [-0.2, 0) is 0 Å². The Bertz CT molecular complexity index is 414. The van der Waals surface area contributed by atoms with Crippen molar-refractivity contribution < 1.29 is 0 Å². The van der Waals surface area contributed by atoms with Crippen LogP contribution in [0.25, 0.3) is 0 Å². The third kappa shape index (κ3) is 2.76. The summed E-state index contributed by atoms with van der Waals surface area (Å²) >= 11 is 0. The molecular formula is C16H25N3. The van der Waals surface area contributed by atoms with E-state index in [1.54, 1.807) is 0 Å². The van der Waals surface area contributed by atoms with E-state index in [0.29, 0.717) is 12.1 Å². The molecule has 1 N–H and O–H groups in total. The van der Waals surface area contributed by atoms with E-state index in [0.717, 1.165) is 5.82 Å². The molecule has 3 nitrogen and oxygen atoms in total. The monoisotopic (exact) mass is 259 g/mol. The molecule has 0 amide bonds. The van der Waals surface area contributed by atoms with E-state index in [1.807, 2.05) is 6.20 Å². The first kappa shape index (κ1) is 12.9. The summed E-state index contributed by atoms with van der Waals surface area (Å²) in [6.45, 7) is 4.73. The Morgan fingerprint density at radius 3 is 2.95 bits per heavy atom. The Balaban J connectivity index is 1.78. The van der Waals surface area contributed by atoms with Gasteiger partial charge in [0.15, 0.2) is 0 Å². The van der Waals surface area contributed by atoms with E-state index < -0.39 is 0 Å². The highest BCUT2D eigenvalue weighted by molar-refractivity contribution is 5.47. The first-order valence-electron chi connectivity index (χ1n) is 7.84. The molecule has 19 heavy (non-hydrogen) atoms. The number of nitrogens with one attached hydrogen (secondary N) is 1. The Morgan fingerprint density at radius 1 is 1.32 bits per heavy atom. The summed E-state index contributed by atoms with van der Waals surface area (Å²) in [6.07, 6.45) is 9.74. The van der Waals surface area contributed by atoms with Crippen LogP contribution in [0.3, 0.4) is 0 Å². The van der Waals surface area contributed by atoms with E-state index in [4.69, 9.17) is 0 Å². The van der Waals surface area contributed by atoms with Crippen molar-refractivity contribution in [2.75, 3.05) is 18.4 Å². The van der Waals surface area contributed by atoms with E-state index in [2.05, 4.69) is 34.3 Å². The van der Waals surface area contributed by atoms with Crippen molar-refractivity contribution in [2.24, 2.45) is 0 Å². The van der Waals surface area contributed by atoms with Crippen LogP contribution < -0.4 is 5.32 Å². The molecule has 1 atom stereocenters. The minimum Gasteiger partial charge on any atom is -0.367 e. The fourth-order valence-electron chi connectivity index (χ4n) is 3.29. The second-order valence-electron chi connectivity index (χ2n) is 5.91. The highest BCUT2D eigenvalue weighted by Gasteiger charge is 2.28. The van der Waals surface area contributed by atoms with Gasteiger partial charge in [-0.1, -0.05) is 13.0 Å². The summed E-state index contributed by atoms with van der Waals surface area (Å²) in [6, 6.07) is 5.60. The molecule has 1 aromatic rings. The van der Waals surface area contributed by atoms with Crippen molar-refractivity contribution in [3.05, 3.63) is 23.9 Å². The van der Waals surface area contributed by atoms with Gasteiger partial charge in [0.05, 0.1) is 0 Å². The largest absolute Gasteiger partial charge is 0.367 e. The SMILES string of the molecule is CCCN1CCCC1c1cccnc1NC1CCC1. The number of nitrogens with zero attached hydrogens (tertiary/aromatic N) is 2. The van der Waals surface area contributed by atoms with Gasteiger partial charge in [-0.25, -0.2) is 4.98 Å². The number of hydrogen-bond donors (Lipinski definition) is 1. The quantitative estimate of drug-likeness (QED) is 0.876. The molecule has 1 aliphatic carbocycles. The number of aromatic nitrogens is 1. The van der Waals surface area contributed by atoms with Gasteiger partial charge in [-0.05, 0) is 57.7 Å². The lowest BCUT2D eigenvalue weighted by molar-refractivity contribution is 0.258. The van der Waals surface area contributed by atoms with Gasteiger partial charge < -0.3 is 5.32 Å². The van der Waals surface area contributed by atoms with Crippen molar-refractivity contribution in [1.29, 1.82) is 0 Å². The molecule has 0 aromatic carbocycles. The molecule has 3 rings (SSSR count). The fraction of sp³-hybridized carbons (Fsp3) is 0.688. The highest BCUT2D eigenvalue weighted by atomic mass is 15.2. The van der Waals surface area contributed by atoms with Crippen LogP contribution >= 0.6 is 0 Å². The van der Waals surface area contributed by atoms with Crippen LogP contribution in [0, 0.1) is 0 Å². The first-order valence-corrected chi connectivity index (χ1v) is 7.84. The molecule has 0 radical (unpaired) electrons. The van der Waals surface area contributed by atoms with Crippen LogP contribution in [-0.4, -0.2) is 29.0 Å². The van der Waals surface area contributed by atoms with E-state index in [9.17, 15) is 0 Å². The highest BCUT2D eigenvalue weighted by Crippen LogP contribution is 2.36. The summed E-state index contributed by atoms with van der Waals surface area (Å²) in [5.41, 5.74) is 1.42. The minimum absolute atomic E-state index is 0.580. The topological polar surface area (TPSA) is 28.2 Å². The van der Waals surface area contributed by atoms with E-state index >= 15 is 0 Å². The molecule has 104 valence electrons. The minimum atomic E-state index is 0.580. The summed E-state index contributed by atoms with van der Waals surface area (Å²) in [5, 5.41) is 3.65. The average molecular weight is 259 g/mol. The zero-order valence-corrected chi connectivity index (χ0v) is 11.9. The van der Waals surface area contributed by atoms with Crippen molar-refractivity contribution in [2.45, 2.75) is 57.5 Å². The molecule has 1 saturated carbocycles. The van der Waals surface area contributed by atoms with Crippen molar-refractivity contribution in [1.82, 2.24) is 9.88 Å². The first-order chi connectivity index (χ1) is 9.38. The molecule has 2 fully saturated rings. The van der Waals surface area contributed by atoms with Crippen LogP contribution in [0.4, 0.5) is 5.82 Å². The second-order valence-corrected chi connectivity index (χ2v) is 5.91. The normalized spacial score (nSPS) is 24.4. The molecule has 1 aliphatic heterocycles. The lowest BCUT2D eigenvalue weighted by Gasteiger charge is -2.30. The van der Waals surface area contributed by atoms with E-state index in [1.165, 1.54) is 57.2 Å². The maximum atomic E-state index is 4.60. The molecule has 0 bridgehead atoms. The van der Waals surface area contributed by atoms with Crippen LogP contribution in [0.15, 0.2) is 18.3 Å². The smallest absolute Gasteiger partial charge is 0.130 e. The van der Waals surface area contributed by atoms with Crippen LogP contribution in [0.1, 0.15) is 57.1 Å². The maximum absolute atomic E-state index is 4.60. The lowest BCUT2D eigenvalue weighted by atomic mass is 9.92. The van der Waals surface area contributed by atoms with Gasteiger partial charge in [-0.2, -0.15) is 0 Å². The Labute approximate surface area is 116 Å². The zero-order valence-electron chi connectivity index (χ0n) is 11.9. The number of pyridine rings is 1. The number of likely N-dealkylation sites (tertiary alicyclic amines) is 1. The summed E-state index contributed by atoms with van der Waals surface area (Å²) < 4.78 is 0. The van der Waals surface area contributed by atoms with E-state index in [-0.39, 0.29) is 0 Å². The van der Waals surface area contributed by atoms with Crippen molar-refractivity contribution in [3.8, 4) is 0 Å². The summed E-state index contributed by atoms with van der Waals surface area (Å²) in [7, 11) is 0. The standard InChI is InChI=1S/C16H25N3/c1-2-11-19-12-5-9-15(19)14-8-4-10-17-16(14)18-13-6-3-7-13/h4,8,10,13,15H,2-3,5-7,9,11-12H2,1H3,(H,17,18). The van der Waals surface area contributed by atoms with Gasteiger partial charge in [-0.15, -0.1) is 0 Å². The Hall–Kier alpha value is -1.09. The summed E-state index contributed by atoms with van der Waals surface area (Å²) in [4.78, 5) is 7.23. The van der Waals surface area contributed by atoms with Crippen molar-refractivity contribution >= 4 is 5.82 Å². The number of anilines is 1. The Morgan fingerprint density at radius 2 is 2.21 bits per heavy atom. The molecular weight excluding hydrogens is 234 g/mol. The van der Waals surface area contributed by atoms with Crippen molar-refractivity contribution in [3.63, 3.8) is 0 Å². The Kier molecular flexibility index (Phi) is 4.02. The molecule has 1 saturated heterocycles. The molecule has 2 aliphatic rings. The fourth-order valence-corrected chi connectivity index (χ4v) is 3.29. The third-order valence-corrected chi connectivity index (χ3v) is 4.52. The third-order valence-electron chi connectivity index (χ3n) is 4.52. The zero-order chi connectivity index (χ0) is 13.1. The van der Waals surface area contributed by atoms with Gasteiger partial charge in [0.2, 0.25) is 0 Å². The molecule has 1 unspecified atom stereocenters. The van der Waals surface area contributed by atoms with Gasteiger partial charge in [0.1, 0.15) is 5.82 Å². The summed E-state index contributed by atoms with van der Waals surface area (Å²) in [5.74, 6) is 1.14. The number of hydrogen-bond acceptors (Lipinski definition) is 3. The molecule has 0 spiro atoms. The van der Waals surface area contributed by atoms with Gasteiger partial charge in [-0.3, -0.25) is 4.90 Å². The average Bonchev–Trinajstić information content (AvgIpc) is 2.83. The predicted molar refractivity (Wildman–Crippen MR) is 79.3 cm³/mol. The van der Waals surface area contributed by atoms with Gasteiger partial charge in [0, 0.05) is 23.8 Å². The lowest BCUT2D eigenvalue weighted by Crippen LogP contribution is -2.30. The molecule has 2 heterocycles. The van der Waals surface area contributed by atoms with Gasteiger partial charge >= 0.3 is 0 Å². The predicted octanol–water partition coefficient (Wildman–Crippen LogP) is 3.59. The van der Waals surface area contributed by atoms with Gasteiger partial charge in [0.25, 0.3) is 0 Å². The van der Waals surface area contributed by atoms with Crippen LogP contribution in [0.5, 0.6) is 0 Å². The maximum Gasteiger partial charge on any atom is 0.130 e.